The fourth-order valence-electron chi connectivity index (χ4n) is 3.90. The van der Waals surface area contributed by atoms with E-state index < -0.39 is 48.4 Å². The number of anilines is 1. The number of nitrogens with two attached hydrogens (primary N) is 1. The van der Waals surface area contributed by atoms with Gasteiger partial charge in [0.25, 0.3) is 17.9 Å². The van der Waals surface area contributed by atoms with Crippen molar-refractivity contribution in [2.75, 3.05) is 18.6 Å². The van der Waals surface area contributed by atoms with Gasteiger partial charge in [-0.25, -0.2) is 27.5 Å². The first-order valence-corrected chi connectivity index (χ1v) is 11.2. The second kappa shape index (κ2) is 9.35. The van der Waals surface area contributed by atoms with E-state index in [-0.39, 0.29) is 16.9 Å². The highest BCUT2D eigenvalue weighted by Crippen LogP contribution is 2.41. The molecule has 1 aromatic heterocycles. The monoisotopic (exact) mass is 494 g/mol. The SMILES string of the molecule is Cc1cc(OCC2CC2)cnc1C(=O)Nc1ccc(F)c([C@]2(CF)C[C@@H](C(C)(F)F)OC(N)=N2)c1. The van der Waals surface area contributed by atoms with Crippen LogP contribution in [0.3, 0.4) is 0 Å². The van der Waals surface area contributed by atoms with Crippen molar-refractivity contribution in [3.05, 3.63) is 53.1 Å². The minimum absolute atomic E-state index is 0.106. The van der Waals surface area contributed by atoms with Gasteiger partial charge in [0.05, 0.1) is 12.8 Å². The number of hydrogen-bond acceptors (Lipinski definition) is 6. The molecular weight excluding hydrogens is 468 g/mol. The minimum atomic E-state index is -3.37. The molecule has 2 heterocycles. The van der Waals surface area contributed by atoms with Gasteiger partial charge in [0.2, 0.25) is 0 Å². The fourth-order valence-corrected chi connectivity index (χ4v) is 3.90. The molecule has 1 amide bonds. The van der Waals surface area contributed by atoms with Crippen LogP contribution >= 0.6 is 0 Å². The highest BCUT2D eigenvalue weighted by atomic mass is 19.3. The number of benzene rings is 1. The van der Waals surface area contributed by atoms with Gasteiger partial charge in [0.15, 0.2) is 6.10 Å². The molecule has 0 spiro atoms. The number of ether oxygens (including phenoxy) is 2. The summed E-state index contributed by atoms with van der Waals surface area (Å²) in [5.41, 5.74) is 3.97. The van der Waals surface area contributed by atoms with E-state index in [1.807, 2.05) is 0 Å². The van der Waals surface area contributed by atoms with Crippen LogP contribution in [0.2, 0.25) is 0 Å². The standard InChI is InChI=1S/C24H26F4N4O3/c1-13-7-16(34-11-14-3-4-14)10-30-20(13)21(33)31-15-5-6-18(26)17(8-15)24(12-25)9-19(23(2,27)28)35-22(29)32-24/h5-8,10,14,19H,3-4,9,11-12H2,1-2H3,(H2,29,32)(H,31,33)/t19-,24+/m0/s1. The topological polar surface area (TPSA) is 98.8 Å². The van der Waals surface area contributed by atoms with Crippen molar-refractivity contribution in [1.82, 2.24) is 4.98 Å². The van der Waals surface area contributed by atoms with Gasteiger partial charge in [-0.3, -0.25) is 4.79 Å². The number of nitrogens with zero attached hydrogens (tertiary/aromatic N) is 2. The number of amidine groups is 1. The molecular formula is C24H26F4N4O3. The van der Waals surface area contributed by atoms with Crippen LogP contribution in [0.1, 0.15) is 47.8 Å². The van der Waals surface area contributed by atoms with Crippen LogP contribution in [0, 0.1) is 18.7 Å². The Kier molecular flexibility index (Phi) is 6.61. The predicted molar refractivity (Wildman–Crippen MR) is 121 cm³/mol. The summed E-state index contributed by atoms with van der Waals surface area (Å²) >= 11 is 0. The summed E-state index contributed by atoms with van der Waals surface area (Å²) in [5, 5.41) is 2.59. The zero-order valence-corrected chi connectivity index (χ0v) is 19.3. The third-order valence-corrected chi connectivity index (χ3v) is 6.07. The Morgan fingerprint density at radius 2 is 2.09 bits per heavy atom. The Morgan fingerprint density at radius 3 is 2.71 bits per heavy atom. The fraction of sp³-hybridized carbons (Fsp3) is 0.458. The van der Waals surface area contributed by atoms with Gasteiger partial charge in [-0.1, -0.05) is 0 Å². The number of hydrogen-bond donors (Lipinski definition) is 2. The molecule has 4 rings (SSSR count). The summed E-state index contributed by atoms with van der Waals surface area (Å²) in [6.45, 7) is 1.60. The quantitative estimate of drug-likeness (QED) is 0.527. The van der Waals surface area contributed by atoms with E-state index in [9.17, 15) is 22.4 Å². The average Bonchev–Trinajstić information content (AvgIpc) is 3.62. The first-order valence-electron chi connectivity index (χ1n) is 11.2. The van der Waals surface area contributed by atoms with E-state index in [0.29, 0.717) is 30.8 Å². The Balaban J connectivity index is 1.57. The molecule has 0 saturated heterocycles. The molecule has 0 unspecified atom stereocenters. The Morgan fingerprint density at radius 1 is 1.34 bits per heavy atom. The van der Waals surface area contributed by atoms with Crippen LogP contribution in [0.15, 0.2) is 35.5 Å². The molecule has 0 bridgehead atoms. The molecule has 11 heteroatoms. The highest BCUT2D eigenvalue weighted by molar-refractivity contribution is 6.03. The minimum Gasteiger partial charge on any atom is -0.492 e. The molecule has 0 radical (unpaired) electrons. The van der Waals surface area contributed by atoms with Crippen molar-refractivity contribution in [1.29, 1.82) is 0 Å². The van der Waals surface area contributed by atoms with Gasteiger partial charge in [0, 0.05) is 24.6 Å². The lowest BCUT2D eigenvalue weighted by molar-refractivity contribution is -0.106. The lowest BCUT2D eigenvalue weighted by Crippen LogP contribution is -2.48. The van der Waals surface area contributed by atoms with E-state index in [1.165, 1.54) is 12.3 Å². The van der Waals surface area contributed by atoms with Crippen molar-refractivity contribution >= 4 is 17.6 Å². The Hall–Kier alpha value is -3.37. The number of aliphatic imine (C=N–C) groups is 1. The summed E-state index contributed by atoms with van der Waals surface area (Å²) in [5.74, 6) is -3.73. The molecule has 188 valence electrons. The number of carbonyl (C=O) groups is 1. The van der Waals surface area contributed by atoms with E-state index in [1.54, 1.807) is 13.0 Å². The summed E-state index contributed by atoms with van der Waals surface area (Å²) < 4.78 is 67.5. The molecule has 1 saturated carbocycles. The number of aromatic nitrogens is 1. The van der Waals surface area contributed by atoms with Crippen LogP contribution in [0.5, 0.6) is 5.75 Å². The first kappa shape index (κ1) is 24.7. The van der Waals surface area contributed by atoms with Crippen molar-refractivity contribution in [3.8, 4) is 5.75 Å². The number of rotatable bonds is 8. The molecule has 1 fully saturated rings. The first-order chi connectivity index (χ1) is 16.5. The van der Waals surface area contributed by atoms with Crippen LogP contribution in [0.4, 0.5) is 23.2 Å². The van der Waals surface area contributed by atoms with Crippen molar-refractivity contribution in [2.24, 2.45) is 16.6 Å². The van der Waals surface area contributed by atoms with Crippen LogP contribution in [-0.4, -0.2) is 42.2 Å². The molecule has 1 aromatic carbocycles. The van der Waals surface area contributed by atoms with Crippen LogP contribution in [-0.2, 0) is 10.3 Å². The lowest BCUT2D eigenvalue weighted by Gasteiger charge is -2.38. The van der Waals surface area contributed by atoms with Gasteiger partial charge in [-0.2, -0.15) is 0 Å². The lowest BCUT2D eigenvalue weighted by atomic mass is 9.83. The molecule has 2 atom stereocenters. The zero-order chi connectivity index (χ0) is 25.4. The number of halogens is 4. The number of alkyl halides is 3. The number of pyridine rings is 1. The van der Waals surface area contributed by atoms with Gasteiger partial charge in [0.1, 0.15) is 29.5 Å². The maximum Gasteiger partial charge on any atom is 0.283 e. The maximum absolute atomic E-state index is 14.8. The average molecular weight is 494 g/mol. The van der Waals surface area contributed by atoms with Crippen LogP contribution < -0.4 is 15.8 Å². The summed E-state index contributed by atoms with van der Waals surface area (Å²) in [6, 6.07) is 4.45. The van der Waals surface area contributed by atoms with Crippen molar-refractivity contribution in [3.63, 3.8) is 0 Å². The van der Waals surface area contributed by atoms with E-state index in [4.69, 9.17) is 15.2 Å². The predicted octanol–water partition coefficient (Wildman–Crippen LogP) is 4.49. The van der Waals surface area contributed by atoms with Crippen molar-refractivity contribution < 1.29 is 31.8 Å². The zero-order valence-electron chi connectivity index (χ0n) is 19.3. The smallest absolute Gasteiger partial charge is 0.283 e. The second-order valence-electron chi connectivity index (χ2n) is 9.12. The molecule has 1 aliphatic carbocycles. The maximum atomic E-state index is 14.8. The summed E-state index contributed by atoms with van der Waals surface area (Å²) in [7, 11) is 0. The van der Waals surface area contributed by atoms with Crippen LogP contribution in [0.25, 0.3) is 0 Å². The largest absolute Gasteiger partial charge is 0.492 e. The third kappa shape index (κ3) is 5.49. The van der Waals surface area contributed by atoms with Crippen molar-refractivity contribution in [2.45, 2.75) is 50.7 Å². The number of amides is 1. The highest BCUT2D eigenvalue weighted by Gasteiger charge is 2.49. The Bertz CT molecular complexity index is 1150. The second-order valence-corrected chi connectivity index (χ2v) is 9.12. The summed E-state index contributed by atoms with van der Waals surface area (Å²) in [4.78, 5) is 20.8. The number of aryl methyl sites for hydroxylation is 1. The van der Waals surface area contributed by atoms with Gasteiger partial charge in [-0.15, -0.1) is 0 Å². The number of nitrogens with one attached hydrogen (secondary N) is 1. The third-order valence-electron chi connectivity index (χ3n) is 6.07. The van der Waals surface area contributed by atoms with E-state index in [2.05, 4.69) is 15.3 Å². The van der Waals surface area contributed by atoms with E-state index >= 15 is 0 Å². The van der Waals surface area contributed by atoms with E-state index in [0.717, 1.165) is 25.0 Å². The van der Waals surface area contributed by atoms with Gasteiger partial charge < -0.3 is 20.5 Å². The molecule has 35 heavy (non-hydrogen) atoms. The molecule has 1 aliphatic heterocycles. The molecule has 7 nitrogen and oxygen atoms in total. The molecule has 2 aromatic rings. The molecule has 2 aliphatic rings. The summed E-state index contributed by atoms with van der Waals surface area (Å²) in [6.07, 6.45) is 1.28. The van der Waals surface area contributed by atoms with Gasteiger partial charge >= 0.3 is 0 Å². The number of carbonyl (C=O) groups excluding carboxylic acids is 1. The van der Waals surface area contributed by atoms with Gasteiger partial charge in [-0.05, 0) is 55.5 Å². The molecule has 3 N–H and O–H groups in total. The Labute approximate surface area is 199 Å². The normalized spacial score (nSPS) is 22.2.